The molecule has 1 saturated heterocycles. The van der Waals surface area contributed by atoms with E-state index >= 15 is 0 Å². The lowest BCUT2D eigenvalue weighted by molar-refractivity contribution is 0.217. The summed E-state index contributed by atoms with van der Waals surface area (Å²) in [4.78, 5) is 3.23. The molecule has 25 heavy (non-hydrogen) atoms. The molecule has 0 radical (unpaired) electrons. The Morgan fingerprint density at radius 2 is 1.84 bits per heavy atom. The Kier molecular flexibility index (Phi) is 5.83. The van der Waals surface area contributed by atoms with Crippen molar-refractivity contribution in [3.8, 4) is 0 Å². The monoisotopic (exact) mass is 386 g/mol. The second-order valence-corrected chi connectivity index (χ2v) is 8.88. The number of thiophene rings is 1. The van der Waals surface area contributed by atoms with Gasteiger partial charge in [-0.3, -0.25) is 0 Å². The van der Waals surface area contributed by atoms with Crippen LogP contribution in [0.3, 0.4) is 0 Å². The van der Waals surface area contributed by atoms with Crippen molar-refractivity contribution in [2.24, 2.45) is 0 Å². The molecule has 8 heteroatoms. The smallest absolute Gasteiger partial charge is 0.240 e. The number of sulfonamides is 1. The lowest BCUT2D eigenvalue weighted by Crippen LogP contribution is -2.39. The molecule has 1 fully saturated rings. The van der Waals surface area contributed by atoms with Crippen LogP contribution in [-0.2, 0) is 10.0 Å². The molecule has 0 bridgehead atoms. The fourth-order valence-corrected chi connectivity index (χ4v) is 5.03. The molecule has 0 atom stereocenters. The van der Waals surface area contributed by atoms with Crippen LogP contribution in [0.2, 0.25) is 0 Å². The van der Waals surface area contributed by atoms with Crippen LogP contribution in [0.4, 0.5) is 8.78 Å². The number of hydrogen-bond donors (Lipinski definition) is 1. The van der Waals surface area contributed by atoms with Gasteiger partial charge in [-0.2, -0.15) is 0 Å². The molecule has 1 aliphatic rings. The van der Waals surface area contributed by atoms with Gasteiger partial charge in [0.15, 0.2) is 0 Å². The highest BCUT2D eigenvalue weighted by Gasteiger charge is 2.22. The first-order chi connectivity index (χ1) is 11.9. The number of benzene rings is 1. The van der Waals surface area contributed by atoms with Crippen molar-refractivity contribution in [1.29, 1.82) is 0 Å². The van der Waals surface area contributed by atoms with Crippen LogP contribution in [-0.4, -0.2) is 39.5 Å². The molecule has 3 rings (SSSR count). The summed E-state index contributed by atoms with van der Waals surface area (Å²) in [6, 6.07) is 6.51. The number of rotatable bonds is 6. The number of hydrogen-bond acceptors (Lipinski definition) is 4. The molecular weight excluding hydrogens is 366 g/mol. The maximum Gasteiger partial charge on any atom is 0.240 e. The molecule has 0 spiro atoms. The summed E-state index contributed by atoms with van der Waals surface area (Å²) in [7, 11) is -3.91. The molecule has 0 saturated carbocycles. The van der Waals surface area contributed by atoms with E-state index in [9.17, 15) is 17.2 Å². The van der Waals surface area contributed by atoms with Crippen LogP contribution in [0.5, 0.6) is 0 Å². The van der Waals surface area contributed by atoms with Crippen LogP contribution in [0.1, 0.15) is 23.6 Å². The zero-order valence-corrected chi connectivity index (χ0v) is 15.3. The van der Waals surface area contributed by atoms with Crippen molar-refractivity contribution < 1.29 is 17.2 Å². The van der Waals surface area contributed by atoms with Gasteiger partial charge in [-0.15, -0.1) is 11.3 Å². The van der Waals surface area contributed by atoms with E-state index < -0.39 is 21.7 Å². The van der Waals surface area contributed by atoms with Gasteiger partial charge in [0.05, 0.1) is 4.90 Å². The highest BCUT2D eigenvalue weighted by atomic mass is 32.2. The maximum atomic E-state index is 13.2. The molecule has 0 unspecified atom stereocenters. The molecule has 1 aliphatic heterocycles. The van der Waals surface area contributed by atoms with Crippen LogP contribution in [0.15, 0.2) is 40.6 Å². The Balaban J connectivity index is 1.48. The molecule has 4 nitrogen and oxygen atoms in total. The van der Waals surface area contributed by atoms with Crippen molar-refractivity contribution in [2.45, 2.75) is 23.7 Å². The maximum absolute atomic E-state index is 13.2. The minimum atomic E-state index is -3.91. The average Bonchev–Trinajstić information content (AvgIpc) is 3.09. The van der Waals surface area contributed by atoms with E-state index in [4.69, 9.17) is 0 Å². The SMILES string of the molecule is O=S(=O)(NCCN1CCC(c2cccs2)CC1)c1cc(F)cc(F)c1. The summed E-state index contributed by atoms with van der Waals surface area (Å²) >= 11 is 1.78. The van der Waals surface area contributed by atoms with E-state index in [0.29, 0.717) is 18.5 Å². The second kappa shape index (κ2) is 7.90. The van der Waals surface area contributed by atoms with Crippen molar-refractivity contribution in [1.82, 2.24) is 9.62 Å². The van der Waals surface area contributed by atoms with Gasteiger partial charge in [0.2, 0.25) is 10.0 Å². The van der Waals surface area contributed by atoms with Gasteiger partial charge in [-0.05, 0) is 55.4 Å². The van der Waals surface area contributed by atoms with Crippen molar-refractivity contribution in [2.75, 3.05) is 26.2 Å². The summed E-state index contributed by atoms with van der Waals surface area (Å²) in [6.45, 7) is 2.62. The van der Waals surface area contributed by atoms with Gasteiger partial charge in [-0.25, -0.2) is 21.9 Å². The normalized spacial score (nSPS) is 17.0. The van der Waals surface area contributed by atoms with Crippen molar-refractivity contribution >= 4 is 21.4 Å². The number of halogens is 2. The molecule has 1 aromatic carbocycles. The van der Waals surface area contributed by atoms with Crippen LogP contribution in [0, 0.1) is 11.6 Å². The van der Waals surface area contributed by atoms with E-state index in [1.807, 2.05) is 0 Å². The second-order valence-electron chi connectivity index (χ2n) is 6.13. The molecule has 136 valence electrons. The van der Waals surface area contributed by atoms with E-state index in [0.717, 1.165) is 38.1 Å². The Morgan fingerprint density at radius 3 is 2.44 bits per heavy atom. The first-order valence-electron chi connectivity index (χ1n) is 8.15. The predicted molar refractivity (Wildman–Crippen MR) is 94.3 cm³/mol. The number of nitrogens with zero attached hydrogens (tertiary/aromatic N) is 1. The number of likely N-dealkylation sites (tertiary alicyclic amines) is 1. The molecule has 2 aromatic rings. The summed E-state index contributed by atoms with van der Waals surface area (Å²) in [5.41, 5.74) is 0. The van der Waals surface area contributed by atoms with Gasteiger partial charge >= 0.3 is 0 Å². The average molecular weight is 386 g/mol. The van der Waals surface area contributed by atoms with E-state index in [1.54, 1.807) is 11.3 Å². The summed E-state index contributed by atoms with van der Waals surface area (Å²) in [6.07, 6.45) is 2.12. The first-order valence-corrected chi connectivity index (χ1v) is 10.5. The van der Waals surface area contributed by atoms with Crippen LogP contribution in [0.25, 0.3) is 0 Å². The quantitative estimate of drug-likeness (QED) is 0.830. The fraction of sp³-hybridized carbons (Fsp3) is 0.412. The third-order valence-electron chi connectivity index (χ3n) is 4.40. The molecule has 0 aliphatic carbocycles. The standard InChI is InChI=1S/C17H20F2N2O2S2/c18-14-10-15(19)12-16(11-14)25(22,23)20-5-8-21-6-3-13(4-7-21)17-2-1-9-24-17/h1-2,9-13,20H,3-8H2. The zero-order chi connectivity index (χ0) is 17.9. The third-order valence-corrected chi connectivity index (χ3v) is 6.87. The lowest BCUT2D eigenvalue weighted by atomic mass is 9.95. The topological polar surface area (TPSA) is 49.4 Å². The number of piperidine rings is 1. The highest BCUT2D eigenvalue weighted by Crippen LogP contribution is 2.30. The van der Waals surface area contributed by atoms with Gasteiger partial charge in [0, 0.05) is 24.0 Å². The third kappa shape index (κ3) is 4.84. The Bertz CT molecular complexity index is 782. The lowest BCUT2D eigenvalue weighted by Gasteiger charge is -2.31. The molecular formula is C17H20F2N2O2S2. The van der Waals surface area contributed by atoms with Crippen molar-refractivity contribution in [3.63, 3.8) is 0 Å². The van der Waals surface area contributed by atoms with E-state index in [2.05, 4.69) is 27.1 Å². The van der Waals surface area contributed by atoms with Gasteiger partial charge < -0.3 is 4.90 Å². The van der Waals surface area contributed by atoms with Gasteiger partial charge in [0.1, 0.15) is 11.6 Å². The van der Waals surface area contributed by atoms with Crippen molar-refractivity contribution in [3.05, 3.63) is 52.2 Å². The fourth-order valence-electron chi connectivity index (χ4n) is 3.07. The molecule has 2 heterocycles. The summed E-state index contributed by atoms with van der Waals surface area (Å²) < 4.78 is 53.0. The zero-order valence-electron chi connectivity index (χ0n) is 13.6. The minimum Gasteiger partial charge on any atom is -0.302 e. The molecule has 0 amide bonds. The Hall–Kier alpha value is -1.35. The first kappa shape index (κ1) is 18.4. The highest BCUT2D eigenvalue weighted by molar-refractivity contribution is 7.89. The van der Waals surface area contributed by atoms with Crippen LogP contribution >= 0.6 is 11.3 Å². The Labute approximate surface area is 150 Å². The summed E-state index contributed by atoms with van der Waals surface area (Å²) in [5.74, 6) is -1.23. The largest absolute Gasteiger partial charge is 0.302 e. The molecule has 1 N–H and O–H groups in total. The predicted octanol–water partition coefficient (Wildman–Crippen LogP) is 3.18. The van der Waals surface area contributed by atoms with Gasteiger partial charge in [0.25, 0.3) is 0 Å². The minimum absolute atomic E-state index is 0.212. The molecule has 1 aromatic heterocycles. The Morgan fingerprint density at radius 1 is 1.16 bits per heavy atom. The van der Waals surface area contributed by atoms with E-state index in [1.165, 1.54) is 4.88 Å². The number of nitrogens with one attached hydrogen (secondary N) is 1. The van der Waals surface area contributed by atoms with Crippen LogP contribution < -0.4 is 4.72 Å². The van der Waals surface area contributed by atoms with E-state index in [-0.39, 0.29) is 11.4 Å². The summed E-state index contributed by atoms with van der Waals surface area (Å²) in [5, 5.41) is 2.09. The van der Waals surface area contributed by atoms with Gasteiger partial charge in [-0.1, -0.05) is 6.07 Å².